The summed E-state index contributed by atoms with van der Waals surface area (Å²) in [5.74, 6) is 0. The van der Waals surface area contributed by atoms with Crippen LogP contribution < -0.4 is 0 Å². The molecule has 1 saturated carbocycles. The molecule has 1 heterocycles. The molecule has 1 N–H and O–H groups in total. The third-order valence-electron chi connectivity index (χ3n) is 3.60. The third kappa shape index (κ3) is 1.19. The maximum atomic E-state index is 10.6. The van der Waals surface area contributed by atoms with Crippen LogP contribution in [-0.4, -0.2) is 14.9 Å². The van der Waals surface area contributed by atoms with Gasteiger partial charge in [0.05, 0.1) is 5.69 Å². The lowest BCUT2D eigenvalue weighted by Gasteiger charge is -2.35. The number of aromatic nitrogens is 2. The summed E-state index contributed by atoms with van der Waals surface area (Å²) >= 11 is 0. The average molecular weight is 194 g/mol. The van der Waals surface area contributed by atoms with Crippen molar-refractivity contribution in [2.24, 2.45) is 12.5 Å². The number of nitrogens with zero attached hydrogens (tertiary/aromatic N) is 2. The first-order valence-electron chi connectivity index (χ1n) is 5.18. The van der Waals surface area contributed by atoms with E-state index in [4.69, 9.17) is 0 Å². The predicted octanol–water partition coefficient (Wildman–Crippen LogP) is 1.82. The molecule has 1 aromatic rings. The lowest BCUT2D eigenvalue weighted by Crippen LogP contribution is -2.37. The van der Waals surface area contributed by atoms with Crippen LogP contribution >= 0.6 is 0 Å². The molecular weight excluding hydrogens is 176 g/mol. The molecule has 0 saturated heterocycles. The average Bonchev–Trinajstić information content (AvgIpc) is 2.60. The molecule has 0 amide bonds. The predicted molar refractivity (Wildman–Crippen MR) is 54.7 cm³/mol. The van der Waals surface area contributed by atoms with Gasteiger partial charge in [0.1, 0.15) is 5.60 Å². The summed E-state index contributed by atoms with van der Waals surface area (Å²) in [4.78, 5) is 0. The van der Waals surface area contributed by atoms with Crippen LogP contribution in [0.3, 0.4) is 0 Å². The van der Waals surface area contributed by atoms with Gasteiger partial charge in [0.2, 0.25) is 0 Å². The molecule has 1 atom stereocenters. The second-order valence-electron chi connectivity index (χ2n) is 4.97. The molecule has 0 spiro atoms. The Labute approximate surface area is 84.7 Å². The van der Waals surface area contributed by atoms with Crippen molar-refractivity contribution >= 4 is 0 Å². The topological polar surface area (TPSA) is 38.0 Å². The van der Waals surface area contributed by atoms with Crippen molar-refractivity contribution in [3.05, 3.63) is 18.0 Å². The highest BCUT2D eigenvalue weighted by Gasteiger charge is 2.49. The van der Waals surface area contributed by atoms with E-state index in [9.17, 15) is 5.11 Å². The molecule has 1 aliphatic rings. The zero-order valence-electron chi connectivity index (χ0n) is 9.12. The lowest BCUT2D eigenvalue weighted by atomic mass is 9.76. The van der Waals surface area contributed by atoms with Gasteiger partial charge in [-0.2, -0.15) is 5.10 Å². The summed E-state index contributed by atoms with van der Waals surface area (Å²) in [7, 11) is 1.88. The number of hydrogen-bond donors (Lipinski definition) is 1. The Morgan fingerprint density at radius 2 is 2.14 bits per heavy atom. The molecule has 1 fully saturated rings. The Kier molecular flexibility index (Phi) is 1.96. The van der Waals surface area contributed by atoms with Crippen LogP contribution in [0.2, 0.25) is 0 Å². The van der Waals surface area contributed by atoms with E-state index in [1.807, 2.05) is 19.3 Å². The Morgan fingerprint density at radius 1 is 1.43 bits per heavy atom. The fraction of sp³-hybridized carbons (Fsp3) is 0.727. The number of hydrogen-bond acceptors (Lipinski definition) is 2. The van der Waals surface area contributed by atoms with Gasteiger partial charge in [-0.15, -0.1) is 0 Å². The highest BCUT2D eigenvalue weighted by Crippen LogP contribution is 2.51. The van der Waals surface area contributed by atoms with E-state index in [1.54, 1.807) is 4.68 Å². The normalized spacial score (nSPS) is 30.9. The first-order chi connectivity index (χ1) is 6.46. The summed E-state index contributed by atoms with van der Waals surface area (Å²) in [6.45, 7) is 4.24. The molecule has 78 valence electrons. The van der Waals surface area contributed by atoms with Crippen LogP contribution in [0, 0.1) is 5.41 Å². The van der Waals surface area contributed by atoms with Gasteiger partial charge in [-0.3, -0.25) is 4.68 Å². The largest absolute Gasteiger partial charge is 0.383 e. The molecule has 14 heavy (non-hydrogen) atoms. The fourth-order valence-electron chi connectivity index (χ4n) is 2.44. The van der Waals surface area contributed by atoms with Crippen molar-refractivity contribution in [1.82, 2.24) is 9.78 Å². The monoisotopic (exact) mass is 194 g/mol. The van der Waals surface area contributed by atoms with Crippen molar-refractivity contribution < 1.29 is 5.11 Å². The van der Waals surface area contributed by atoms with E-state index in [0.717, 1.165) is 25.0 Å². The van der Waals surface area contributed by atoms with E-state index in [-0.39, 0.29) is 5.41 Å². The Morgan fingerprint density at radius 3 is 2.57 bits per heavy atom. The molecule has 0 bridgehead atoms. The number of aliphatic hydroxyl groups is 1. The van der Waals surface area contributed by atoms with Crippen LogP contribution in [0.15, 0.2) is 12.3 Å². The minimum atomic E-state index is -0.728. The van der Waals surface area contributed by atoms with Crippen molar-refractivity contribution in [2.45, 2.75) is 38.7 Å². The quantitative estimate of drug-likeness (QED) is 0.740. The van der Waals surface area contributed by atoms with Crippen LogP contribution in [0.5, 0.6) is 0 Å². The maximum Gasteiger partial charge on any atom is 0.113 e. The Balaban J connectivity index is 2.41. The van der Waals surface area contributed by atoms with Crippen molar-refractivity contribution in [3.63, 3.8) is 0 Å². The lowest BCUT2D eigenvalue weighted by molar-refractivity contribution is -0.0525. The second-order valence-corrected chi connectivity index (χ2v) is 4.97. The van der Waals surface area contributed by atoms with Gasteiger partial charge in [0.25, 0.3) is 0 Å². The molecule has 0 aromatic carbocycles. The van der Waals surface area contributed by atoms with Gasteiger partial charge in [0, 0.05) is 13.2 Å². The van der Waals surface area contributed by atoms with Gasteiger partial charge >= 0.3 is 0 Å². The second kappa shape index (κ2) is 2.83. The first-order valence-corrected chi connectivity index (χ1v) is 5.18. The standard InChI is InChI=1S/C11H18N2O/c1-10(2)6-4-7-11(10,14)9-5-8-13(3)12-9/h5,8,14H,4,6-7H2,1-3H3. The smallest absolute Gasteiger partial charge is 0.113 e. The minimum absolute atomic E-state index is 0.0542. The number of rotatable bonds is 1. The Bertz CT molecular complexity index is 343. The van der Waals surface area contributed by atoms with Gasteiger partial charge in [-0.05, 0) is 30.7 Å². The SMILES string of the molecule is Cn1ccc(C2(O)CCCC2(C)C)n1. The molecule has 0 aliphatic heterocycles. The van der Waals surface area contributed by atoms with E-state index in [1.165, 1.54) is 0 Å². The van der Waals surface area contributed by atoms with Gasteiger partial charge in [-0.1, -0.05) is 13.8 Å². The number of aryl methyl sites for hydroxylation is 1. The summed E-state index contributed by atoms with van der Waals surface area (Å²) in [5.41, 5.74) is 0.0396. The molecular formula is C11H18N2O. The van der Waals surface area contributed by atoms with E-state index < -0.39 is 5.60 Å². The summed E-state index contributed by atoms with van der Waals surface area (Å²) < 4.78 is 1.75. The molecule has 1 aliphatic carbocycles. The van der Waals surface area contributed by atoms with Crippen LogP contribution in [0.1, 0.15) is 38.8 Å². The van der Waals surface area contributed by atoms with Gasteiger partial charge in [-0.25, -0.2) is 0 Å². The van der Waals surface area contributed by atoms with Gasteiger partial charge < -0.3 is 5.11 Å². The van der Waals surface area contributed by atoms with Crippen molar-refractivity contribution in [3.8, 4) is 0 Å². The maximum absolute atomic E-state index is 10.6. The zero-order chi connectivity index (χ0) is 10.4. The van der Waals surface area contributed by atoms with Gasteiger partial charge in [0.15, 0.2) is 0 Å². The van der Waals surface area contributed by atoms with Crippen molar-refractivity contribution in [2.75, 3.05) is 0 Å². The minimum Gasteiger partial charge on any atom is -0.383 e. The molecule has 0 radical (unpaired) electrons. The molecule has 1 aromatic heterocycles. The third-order valence-corrected chi connectivity index (χ3v) is 3.60. The van der Waals surface area contributed by atoms with E-state index >= 15 is 0 Å². The molecule has 3 nitrogen and oxygen atoms in total. The van der Waals surface area contributed by atoms with Crippen LogP contribution in [0.4, 0.5) is 0 Å². The van der Waals surface area contributed by atoms with E-state index in [2.05, 4.69) is 18.9 Å². The Hall–Kier alpha value is -0.830. The highest BCUT2D eigenvalue weighted by atomic mass is 16.3. The first kappa shape index (κ1) is 9.71. The molecule has 1 unspecified atom stereocenters. The highest BCUT2D eigenvalue weighted by molar-refractivity contribution is 5.17. The summed E-state index contributed by atoms with van der Waals surface area (Å²) in [5, 5.41) is 15.0. The summed E-state index contributed by atoms with van der Waals surface area (Å²) in [6, 6.07) is 1.92. The van der Waals surface area contributed by atoms with E-state index in [0.29, 0.717) is 0 Å². The fourth-order valence-corrected chi connectivity index (χ4v) is 2.44. The van der Waals surface area contributed by atoms with Crippen LogP contribution in [0.25, 0.3) is 0 Å². The molecule has 3 heteroatoms. The summed E-state index contributed by atoms with van der Waals surface area (Å²) in [6.07, 6.45) is 4.87. The van der Waals surface area contributed by atoms with Crippen molar-refractivity contribution in [1.29, 1.82) is 0 Å². The molecule has 2 rings (SSSR count). The zero-order valence-corrected chi connectivity index (χ0v) is 9.12. The van der Waals surface area contributed by atoms with Crippen LogP contribution in [-0.2, 0) is 12.6 Å².